The first-order chi connectivity index (χ1) is 9.83. The molecule has 1 saturated heterocycles. The van der Waals surface area contributed by atoms with Crippen LogP contribution in [0.1, 0.15) is 12.0 Å². The Bertz CT molecular complexity index is 648. The summed E-state index contributed by atoms with van der Waals surface area (Å²) in [5.74, 6) is 0.370. The molecular weight excluding hydrogens is 304 g/mol. The molecule has 0 atom stereocenters. The third kappa shape index (κ3) is 3.44. The maximum Gasteiger partial charge on any atom is 0.586 e. The minimum atomic E-state index is -3.61. The van der Waals surface area contributed by atoms with Crippen molar-refractivity contribution >= 4 is 9.84 Å². The summed E-state index contributed by atoms with van der Waals surface area (Å²) in [7, 11) is -2.95. The molecule has 21 heavy (non-hydrogen) atoms. The van der Waals surface area contributed by atoms with Crippen molar-refractivity contribution in [3.05, 3.63) is 23.8 Å². The molecule has 2 heterocycles. The molecule has 1 fully saturated rings. The van der Waals surface area contributed by atoms with Gasteiger partial charge in [-0.3, -0.25) is 4.90 Å². The number of nitrogens with zero attached hydrogens (tertiary/aromatic N) is 1. The lowest BCUT2D eigenvalue weighted by Gasteiger charge is -2.19. The van der Waals surface area contributed by atoms with Crippen LogP contribution in [-0.4, -0.2) is 44.2 Å². The van der Waals surface area contributed by atoms with Crippen LogP contribution in [0.3, 0.4) is 0 Å². The smallest absolute Gasteiger partial charge is 0.395 e. The lowest BCUT2D eigenvalue weighted by molar-refractivity contribution is -0.286. The molecule has 0 unspecified atom stereocenters. The van der Waals surface area contributed by atoms with Gasteiger partial charge in [-0.2, -0.15) is 0 Å². The van der Waals surface area contributed by atoms with E-state index in [1.54, 1.807) is 6.07 Å². The van der Waals surface area contributed by atoms with Gasteiger partial charge in [0.25, 0.3) is 0 Å². The second kappa shape index (κ2) is 5.10. The molecule has 1 aromatic carbocycles. The van der Waals surface area contributed by atoms with E-state index in [1.807, 2.05) is 4.90 Å². The average molecular weight is 319 g/mol. The Morgan fingerprint density at radius 3 is 2.71 bits per heavy atom. The van der Waals surface area contributed by atoms with Crippen molar-refractivity contribution in [3.63, 3.8) is 0 Å². The van der Waals surface area contributed by atoms with Gasteiger partial charge in [0, 0.05) is 13.1 Å². The summed E-state index contributed by atoms with van der Waals surface area (Å²) in [6.07, 6.45) is -3.03. The fraction of sp³-hybridized carbons (Fsp3) is 0.538. The minimum absolute atomic E-state index is 0.0138. The lowest BCUT2D eigenvalue weighted by Crippen LogP contribution is -2.26. The molecule has 1 aromatic rings. The van der Waals surface area contributed by atoms with Crippen molar-refractivity contribution < 1.29 is 26.7 Å². The normalized spacial score (nSPS) is 23.7. The minimum Gasteiger partial charge on any atom is -0.395 e. The molecule has 2 aliphatic heterocycles. The molecule has 0 aliphatic carbocycles. The molecule has 0 spiro atoms. The van der Waals surface area contributed by atoms with Gasteiger partial charge in [0.1, 0.15) is 0 Å². The molecule has 0 bridgehead atoms. The second-order valence-electron chi connectivity index (χ2n) is 5.23. The van der Waals surface area contributed by atoms with Crippen LogP contribution >= 0.6 is 0 Å². The van der Waals surface area contributed by atoms with E-state index in [9.17, 15) is 17.2 Å². The van der Waals surface area contributed by atoms with Gasteiger partial charge in [-0.1, -0.05) is 6.07 Å². The van der Waals surface area contributed by atoms with Gasteiger partial charge in [0.2, 0.25) is 0 Å². The third-order valence-corrected chi connectivity index (χ3v) is 5.24. The van der Waals surface area contributed by atoms with Crippen molar-refractivity contribution in [3.8, 4) is 11.5 Å². The van der Waals surface area contributed by atoms with Gasteiger partial charge in [0.05, 0.1) is 11.5 Å². The maximum atomic E-state index is 12.9. The van der Waals surface area contributed by atoms with Crippen LogP contribution in [0.5, 0.6) is 11.5 Å². The topological polar surface area (TPSA) is 55.8 Å². The largest absolute Gasteiger partial charge is 0.586 e. The number of hydrogen-bond donors (Lipinski definition) is 0. The highest BCUT2D eigenvalue weighted by atomic mass is 32.2. The molecular formula is C13H15F2NO4S. The van der Waals surface area contributed by atoms with Gasteiger partial charge in [-0.15, -0.1) is 8.78 Å². The summed E-state index contributed by atoms with van der Waals surface area (Å²) >= 11 is 0. The van der Waals surface area contributed by atoms with E-state index in [4.69, 9.17) is 0 Å². The van der Waals surface area contributed by atoms with E-state index < -0.39 is 16.1 Å². The number of rotatable bonds is 2. The van der Waals surface area contributed by atoms with Gasteiger partial charge in [0.15, 0.2) is 21.3 Å². The molecule has 116 valence electrons. The zero-order valence-corrected chi connectivity index (χ0v) is 12.0. The van der Waals surface area contributed by atoms with E-state index in [-0.39, 0.29) is 23.0 Å². The molecule has 0 radical (unpaired) electrons. The molecule has 2 aliphatic rings. The van der Waals surface area contributed by atoms with Gasteiger partial charge in [-0.05, 0) is 30.7 Å². The van der Waals surface area contributed by atoms with Crippen LogP contribution < -0.4 is 9.47 Å². The van der Waals surface area contributed by atoms with E-state index in [0.29, 0.717) is 26.1 Å². The number of fused-ring (bicyclic) bond motifs is 1. The average Bonchev–Trinajstić information content (AvgIpc) is 2.58. The van der Waals surface area contributed by atoms with Crippen molar-refractivity contribution in [1.29, 1.82) is 0 Å². The zero-order chi connectivity index (χ0) is 15.1. The fourth-order valence-electron chi connectivity index (χ4n) is 2.50. The van der Waals surface area contributed by atoms with Crippen LogP contribution in [0.15, 0.2) is 18.2 Å². The molecule has 0 aromatic heterocycles. The Hall–Kier alpha value is -1.41. The SMILES string of the molecule is O=S1(=O)CCCN(Cc2ccc3c(c2)OC(F)(F)O3)CC1. The standard InChI is InChI=1S/C13H15F2NO4S/c14-13(15)19-11-3-2-10(8-12(11)20-13)9-16-4-1-6-21(17,18)7-5-16/h2-3,8H,1,4-7,9H2. The fourth-order valence-corrected chi connectivity index (χ4v) is 3.81. The van der Waals surface area contributed by atoms with Crippen molar-refractivity contribution in [1.82, 2.24) is 4.90 Å². The number of benzene rings is 1. The summed E-state index contributed by atoms with van der Waals surface area (Å²) < 4.78 is 57.7. The van der Waals surface area contributed by atoms with Crippen molar-refractivity contribution in [2.45, 2.75) is 19.3 Å². The monoisotopic (exact) mass is 319 g/mol. The van der Waals surface area contributed by atoms with Crippen LogP contribution in [0, 0.1) is 0 Å². The Labute approximate surface area is 121 Å². The first-order valence-electron chi connectivity index (χ1n) is 6.65. The van der Waals surface area contributed by atoms with Crippen LogP contribution in [0.25, 0.3) is 0 Å². The summed E-state index contributed by atoms with van der Waals surface area (Å²) in [4.78, 5) is 2.00. The van der Waals surface area contributed by atoms with E-state index in [1.165, 1.54) is 12.1 Å². The van der Waals surface area contributed by atoms with Crippen LogP contribution in [0.4, 0.5) is 8.78 Å². The van der Waals surface area contributed by atoms with Crippen molar-refractivity contribution in [2.24, 2.45) is 0 Å². The highest BCUT2D eigenvalue weighted by Gasteiger charge is 2.43. The summed E-state index contributed by atoms with van der Waals surface area (Å²) in [5, 5.41) is 0. The molecule has 5 nitrogen and oxygen atoms in total. The number of sulfone groups is 1. The first kappa shape index (κ1) is 14.5. The number of hydrogen-bond acceptors (Lipinski definition) is 5. The highest BCUT2D eigenvalue weighted by molar-refractivity contribution is 7.91. The van der Waals surface area contributed by atoms with Crippen molar-refractivity contribution in [2.75, 3.05) is 24.6 Å². The molecule has 0 saturated carbocycles. The molecule has 0 N–H and O–H groups in total. The summed E-state index contributed by atoms with van der Waals surface area (Å²) in [6, 6.07) is 4.64. The van der Waals surface area contributed by atoms with Crippen LogP contribution in [0.2, 0.25) is 0 Å². The van der Waals surface area contributed by atoms with Gasteiger partial charge < -0.3 is 9.47 Å². The van der Waals surface area contributed by atoms with Crippen LogP contribution in [-0.2, 0) is 16.4 Å². The summed E-state index contributed by atoms with van der Waals surface area (Å²) in [6.45, 7) is 1.62. The highest BCUT2D eigenvalue weighted by Crippen LogP contribution is 2.41. The van der Waals surface area contributed by atoms with E-state index in [0.717, 1.165) is 5.56 Å². The van der Waals surface area contributed by atoms with E-state index >= 15 is 0 Å². The maximum absolute atomic E-state index is 12.9. The van der Waals surface area contributed by atoms with Gasteiger partial charge >= 0.3 is 6.29 Å². The lowest BCUT2D eigenvalue weighted by atomic mass is 10.2. The Morgan fingerprint density at radius 1 is 1.14 bits per heavy atom. The predicted molar refractivity (Wildman–Crippen MR) is 71.2 cm³/mol. The Kier molecular flexibility index (Phi) is 3.53. The quantitative estimate of drug-likeness (QED) is 0.829. The number of ether oxygens (including phenoxy) is 2. The van der Waals surface area contributed by atoms with E-state index in [2.05, 4.69) is 9.47 Å². The van der Waals surface area contributed by atoms with Gasteiger partial charge in [-0.25, -0.2) is 8.42 Å². The number of halogens is 2. The molecule has 3 rings (SSSR count). The first-order valence-corrected chi connectivity index (χ1v) is 8.47. The Morgan fingerprint density at radius 2 is 1.90 bits per heavy atom. The predicted octanol–water partition coefficient (Wildman–Crippen LogP) is 1.63. The number of alkyl halides is 2. The summed E-state index contributed by atoms with van der Waals surface area (Å²) in [5.41, 5.74) is 0.786. The zero-order valence-electron chi connectivity index (χ0n) is 11.2. The molecule has 0 amide bonds. The Balaban J connectivity index is 1.69. The molecule has 8 heteroatoms. The second-order valence-corrected chi connectivity index (χ2v) is 7.53. The third-order valence-electron chi connectivity index (χ3n) is 3.52.